The first-order valence-electron chi connectivity index (χ1n) is 12.2. The molecule has 0 amide bonds. The molecule has 3 rings (SSSR count). The number of halogens is 4. The highest BCUT2D eigenvalue weighted by atomic mass is 19.2. The summed E-state index contributed by atoms with van der Waals surface area (Å²) < 4.78 is 69.3. The lowest BCUT2D eigenvalue weighted by Gasteiger charge is -2.29. The Morgan fingerprint density at radius 3 is 2.59 bits per heavy atom. The number of alkyl halides is 1. The molecule has 0 saturated carbocycles. The molecule has 34 heavy (non-hydrogen) atoms. The van der Waals surface area contributed by atoms with Crippen LogP contribution < -0.4 is 4.74 Å². The molecule has 0 bridgehead atoms. The Kier molecular flexibility index (Phi) is 10.00. The number of hydrogen-bond acceptors (Lipinski definition) is 2. The molecule has 2 aromatic rings. The van der Waals surface area contributed by atoms with E-state index in [9.17, 15) is 17.6 Å². The van der Waals surface area contributed by atoms with Crippen LogP contribution in [0.1, 0.15) is 57.4 Å². The van der Waals surface area contributed by atoms with Gasteiger partial charge < -0.3 is 9.47 Å². The molecule has 0 aromatic heterocycles. The van der Waals surface area contributed by atoms with Gasteiger partial charge in [-0.15, -0.1) is 6.58 Å². The molecule has 2 aromatic carbocycles. The smallest absolute Gasteiger partial charge is 0.201 e. The van der Waals surface area contributed by atoms with Crippen LogP contribution in [-0.4, -0.2) is 25.5 Å². The summed E-state index contributed by atoms with van der Waals surface area (Å²) in [6.07, 6.45) is 6.92. The molecule has 1 saturated heterocycles. The number of ether oxygens (including phenoxy) is 2. The fraction of sp³-hybridized carbons (Fsp3) is 0.500. The standard InChI is InChI=1S/C28H34F4O2/c1-3-5-7-19-10-12-23(25(30)15-19)24-13-14-26(28(32)27(24)31)34-18-21(29)16-22-11-9-20(17-33-22)8-6-4-2/h3,10,12-15,20-22H,1,4-9,11,16-18H2,2H3. The van der Waals surface area contributed by atoms with Crippen LogP contribution in [0.4, 0.5) is 17.6 Å². The summed E-state index contributed by atoms with van der Waals surface area (Å²) in [4.78, 5) is 0. The minimum atomic E-state index is -1.36. The maximum absolute atomic E-state index is 14.7. The molecule has 0 spiro atoms. The Labute approximate surface area is 200 Å². The minimum Gasteiger partial charge on any atom is -0.487 e. The van der Waals surface area contributed by atoms with Gasteiger partial charge in [-0.1, -0.05) is 38.0 Å². The SMILES string of the molecule is C=CCCc1ccc(-c2ccc(OCC(F)CC3CCC(CCCC)CO3)c(F)c2F)c(F)c1. The van der Waals surface area contributed by atoms with Crippen LogP contribution in [0.3, 0.4) is 0 Å². The van der Waals surface area contributed by atoms with Crippen LogP contribution in [0, 0.1) is 23.4 Å². The minimum absolute atomic E-state index is 0.0413. The number of benzene rings is 2. The lowest BCUT2D eigenvalue weighted by Crippen LogP contribution is -2.30. The third-order valence-corrected chi connectivity index (χ3v) is 6.38. The maximum Gasteiger partial charge on any atom is 0.201 e. The van der Waals surface area contributed by atoms with Crippen LogP contribution in [0.5, 0.6) is 5.75 Å². The number of hydrogen-bond donors (Lipinski definition) is 0. The quantitative estimate of drug-likeness (QED) is 0.227. The van der Waals surface area contributed by atoms with Gasteiger partial charge in [0.25, 0.3) is 0 Å². The van der Waals surface area contributed by atoms with E-state index in [0.717, 1.165) is 31.2 Å². The topological polar surface area (TPSA) is 18.5 Å². The highest BCUT2D eigenvalue weighted by molar-refractivity contribution is 5.66. The van der Waals surface area contributed by atoms with Crippen molar-refractivity contribution in [3.63, 3.8) is 0 Å². The summed E-state index contributed by atoms with van der Waals surface area (Å²) >= 11 is 0. The van der Waals surface area contributed by atoms with Gasteiger partial charge in [-0.3, -0.25) is 0 Å². The Morgan fingerprint density at radius 1 is 1.12 bits per heavy atom. The second kappa shape index (κ2) is 12.9. The van der Waals surface area contributed by atoms with Crippen molar-refractivity contribution in [3.8, 4) is 16.9 Å². The average Bonchev–Trinajstić information content (AvgIpc) is 2.84. The van der Waals surface area contributed by atoms with E-state index < -0.39 is 36.0 Å². The fourth-order valence-corrected chi connectivity index (χ4v) is 4.35. The monoisotopic (exact) mass is 478 g/mol. The zero-order valence-corrected chi connectivity index (χ0v) is 19.8. The van der Waals surface area contributed by atoms with Gasteiger partial charge in [-0.25, -0.2) is 13.2 Å². The summed E-state index contributed by atoms with van der Waals surface area (Å²) in [7, 11) is 0. The lowest BCUT2D eigenvalue weighted by molar-refractivity contribution is -0.0360. The van der Waals surface area contributed by atoms with E-state index in [1.54, 1.807) is 12.1 Å². The van der Waals surface area contributed by atoms with Crippen molar-refractivity contribution >= 4 is 0 Å². The summed E-state index contributed by atoms with van der Waals surface area (Å²) in [5, 5.41) is 0. The first-order chi connectivity index (χ1) is 16.4. The number of aryl methyl sites for hydroxylation is 1. The first kappa shape index (κ1) is 26.3. The molecule has 3 unspecified atom stereocenters. The van der Waals surface area contributed by atoms with Gasteiger partial charge in [0.05, 0.1) is 6.10 Å². The van der Waals surface area contributed by atoms with Crippen LogP contribution in [0.15, 0.2) is 43.0 Å². The van der Waals surface area contributed by atoms with Crippen molar-refractivity contribution in [1.82, 2.24) is 0 Å². The van der Waals surface area contributed by atoms with Crippen LogP contribution >= 0.6 is 0 Å². The van der Waals surface area contributed by atoms with E-state index >= 15 is 0 Å². The zero-order valence-electron chi connectivity index (χ0n) is 19.8. The van der Waals surface area contributed by atoms with Gasteiger partial charge in [0.15, 0.2) is 11.6 Å². The molecule has 3 atom stereocenters. The molecular formula is C28H34F4O2. The number of unbranched alkanes of at least 4 members (excludes halogenated alkanes) is 1. The first-order valence-corrected chi connectivity index (χ1v) is 12.2. The van der Waals surface area contributed by atoms with E-state index in [4.69, 9.17) is 9.47 Å². The average molecular weight is 479 g/mol. The largest absolute Gasteiger partial charge is 0.487 e. The molecule has 1 aliphatic rings. The van der Waals surface area contributed by atoms with Gasteiger partial charge in [-0.2, -0.15) is 4.39 Å². The van der Waals surface area contributed by atoms with Gasteiger partial charge in [0.2, 0.25) is 5.82 Å². The van der Waals surface area contributed by atoms with Gasteiger partial charge >= 0.3 is 0 Å². The summed E-state index contributed by atoms with van der Waals surface area (Å²) in [6, 6.07) is 6.88. The van der Waals surface area contributed by atoms with Crippen LogP contribution in [-0.2, 0) is 11.2 Å². The van der Waals surface area contributed by atoms with Crippen LogP contribution in [0.25, 0.3) is 11.1 Å². The molecule has 0 N–H and O–H groups in total. The molecule has 186 valence electrons. The molecule has 6 heteroatoms. The van der Waals surface area contributed by atoms with Crippen molar-refractivity contribution in [1.29, 1.82) is 0 Å². The highest BCUT2D eigenvalue weighted by Gasteiger charge is 2.25. The van der Waals surface area contributed by atoms with Gasteiger partial charge in [-0.05, 0) is 61.8 Å². The molecule has 1 aliphatic heterocycles. The molecular weight excluding hydrogens is 444 g/mol. The number of rotatable bonds is 12. The predicted octanol–water partition coefficient (Wildman–Crippen LogP) is 7.98. The van der Waals surface area contributed by atoms with E-state index in [-0.39, 0.29) is 23.7 Å². The molecule has 0 aliphatic carbocycles. The molecule has 1 heterocycles. The van der Waals surface area contributed by atoms with Crippen molar-refractivity contribution in [2.24, 2.45) is 5.92 Å². The number of allylic oxidation sites excluding steroid dienone is 1. The van der Waals surface area contributed by atoms with Crippen molar-refractivity contribution < 1.29 is 27.0 Å². The second-order valence-corrected chi connectivity index (χ2v) is 9.07. The highest BCUT2D eigenvalue weighted by Crippen LogP contribution is 2.32. The molecule has 1 fully saturated rings. The lowest BCUT2D eigenvalue weighted by atomic mass is 9.92. The normalized spacial score (nSPS) is 19.1. The molecule has 2 nitrogen and oxygen atoms in total. The summed E-state index contributed by atoms with van der Waals surface area (Å²) in [5.41, 5.74) is 0.498. The maximum atomic E-state index is 14.7. The zero-order chi connectivity index (χ0) is 24.5. The van der Waals surface area contributed by atoms with Crippen LogP contribution in [0.2, 0.25) is 0 Å². The fourth-order valence-electron chi connectivity index (χ4n) is 4.35. The van der Waals surface area contributed by atoms with Crippen molar-refractivity contribution in [3.05, 3.63) is 66.0 Å². The Hall–Kier alpha value is -2.34. The van der Waals surface area contributed by atoms with E-state index in [1.165, 1.54) is 30.7 Å². The Balaban J connectivity index is 1.55. The Bertz CT molecular complexity index is 938. The summed E-state index contributed by atoms with van der Waals surface area (Å²) in [5.74, 6) is -2.97. The third kappa shape index (κ3) is 7.08. The van der Waals surface area contributed by atoms with Gasteiger partial charge in [0.1, 0.15) is 18.6 Å². The van der Waals surface area contributed by atoms with E-state index in [1.807, 2.05) is 0 Å². The van der Waals surface area contributed by atoms with Crippen molar-refractivity contribution in [2.75, 3.05) is 13.2 Å². The van der Waals surface area contributed by atoms with Crippen molar-refractivity contribution in [2.45, 2.75) is 70.6 Å². The summed E-state index contributed by atoms with van der Waals surface area (Å²) in [6.45, 7) is 6.03. The predicted molar refractivity (Wildman–Crippen MR) is 127 cm³/mol. The van der Waals surface area contributed by atoms with E-state index in [2.05, 4.69) is 13.5 Å². The second-order valence-electron chi connectivity index (χ2n) is 9.07. The Morgan fingerprint density at radius 2 is 1.91 bits per heavy atom. The molecule has 0 radical (unpaired) electrons. The van der Waals surface area contributed by atoms with Gasteiger partial charge in [0, 0.05) is 24.2 Å². The third-order valence-electron chi connectivity index (χ3n) is 6.38. The van der Waals surface area contributed by atoms with E-state index in [0.29, 0.717) is 25.4 Å².